The minimum Gasteiger partial charge on any atom is -0.311 e. The highest BCUT2D eigenvalue weighted by Gasteiger charge is 2.52. The maximum Gasteiger partial charge on any atom is 0.0727 e. The Labute approximate surface area is 350 Å². The molecule has 0 radical (unpaired) electrons. The third kappa shape index (κ3) is 5.99. The number of hydrogen-bond acceptors (Lipinski definition) is 2. The lowest BCUT2D eigenvalue weighted by Gasteiger charge is -2.34. The molecule has 0 aliphatic heterocycles. The Kier molecular flexibility index (Phi) is 9.45. The molecule has 290 valence electrons. The first kappa shape index (κ1) is 36.9. The highest BCUT2D eigenvalue weighted by Crippen LogP contribution is 2.64. The molecule has 1 atom stereocenters. The fourth-order valence-corrected chi connectivity index (χ4v) is 10.1. The molecule has 0 amide bonds. The van der Waals surface area contributed by atoms with Gasteiger partial charge in [0.15, 0.2) is 0 Å². The maximum atomic E-state index is 2.52. The van der Waals surface area contributed by atoms with Gasteiger partial charge in [-0.3, -0.25) is 0 Å². The van der Waals surface area contributed by atoms with Crippen LogP contribution >= 0.6 is 0 Å². The summed E-state index contributed by atoms with van der Waals surface area (Å²) >= 11 is 0. The van der Waals surface area contributed by atoms with E-state index in [1.165, 1.54) is 78.3 Å². The summed E-state index contributed by atoms with van der Waals surface area (Å²) in [5.74, 6) is 0.579. The molecule has 0 heterocycles. The molecule has 0 saturated heterocycles. The van der Waals surface area contributed by atoms with E-state index >= 15 is 0 Å². The molecule has 1 spiro atoms. The van der Waals surface area contributed by atoms with Crippen molar-refractivity contribution in [2.75, 3.05) is 9.80 Å². The molecule has 0 bridgehead atoms. The summed E-state index contributed by atoms with van der Waals surface area (Å²) < 4.78 is 0. The first-order valence-electron chi connectivity index (χ1n) is 21.8. The van der Waals surface area contributed by atoms with Crippen LogP contribution in [0.25, 0.3) is 22.3 Å². The molecule has 10 rings (SSSR count). The SMILES string of the molecule is CCc1ccc(N(C2=CCC(CC)C=C2)c2ccc3c(c2)C2(c4ccccc4-c4ccccc42)c2cc(N(c4ccc(CC)cc4)c4ccc(CC)cc4)ccc2-3)cc1. The summed E-state index contributed by atoms with van der Waals surface area (Å²) in [5, 5.41) is 0. The molecule has 0 aromatic heterocycles. The summed E-state index contributed by atoms with van der Waals surface area (Å²) in [6.45, 7) is 8.97. The van der Waals surface area contributed by atoms with Crippen LogP contribution in [0.2, 0.25) is 0 Å². The van der Waals surface area contributed by atoms with Gasteiger partial charge in [0.05, 0.1) is 5.41 Å². The molecule has 2 nitrogen and oxygen atoms in total. The van der Waals surface area contributed by atoms with Gasteiger partial charge in [0.2, 0.25) is 0 Å². The Hall–Kier alpha value is -6.38. The second-order valence-electron chi connectivity index (χ2n) is 16.4. The number of hydrogen-bond donors (Lipinski definition) is 0. The van der Waals surface area contributed by atoms with Crippen molar-refractivity contribution < 1.29 is 0 Å². The second-order valence-corrected chi connectivity index (χ2v) is 16.4. The lowest BCUT2D eigenvalue weighted by atomic mass is 9.70. The molecule has 2 heteroatoms. The van der Waals surface area contributed by atoms with E-state index < -0.39 is 5.41 Å². The largest absolute Gasteiger partial charge is 0.311 e. The molecule has 0 N–H and O–H groups in total. The lowest BCUT2D eigenvalue weighted by Crippen LogP contribution is -2.27. The van der Waals surface area contributed by atoms with E-state index in [1.807, 2.05) is 0 Å². The van der Waals surface area contributed by atoms with Crippen LogP contribution in [0.15, 0.2) is 182 Å². The predicted molar refractivity (Wildman–Crippen MR) is 250 cm³/mol. The maximum absolute atomic E-state index is 2.52. The van der Waals surface area contributed by atoms with E-state index in [0.29, 0.717) is 5.92 Å². The molecule has 7 aromatic carbocycles. The van der Waals surface area contributed by atoms with Crippen molar-refractivity contribution >= 4 is 28.4 Å². The topological polar surface area (TPSA) is 6.48 Å². The summed E-state index contributed by atoms with van der Waals surface area (Å²) in [4.78, 5) is 4.93. The first-order chi connectivity index (χ1) is 29.0. The fourth-order valence-electron chi connectivity index (χ4n) is 10.1. The van der Waals surface area contributed by atoms with E-state index in [1.54, 1.807) is 0 Å². The van der Waals surface area contributed by atoms with Crippen molar-refractivity contribution in [3.63, 3.8) is 0 Å². The zero-order chi connectivity index (χ0) is 40.1. The van der Waals surface area contributed by atoms with Crippen molar-refractivity contribution in [3.05, 3.63) is 221 Å². The van der Waals surface area contributed by atoms with Gasteiger partial charge in [0, 0.05) is 34.1 Å². The van der Waals surface area contributed by atoms with Crippen LogP contribution in [-0.4, -0.2) is 0 Å². The minimum absolute atomic E-state index is 0.504. The monoisotopic (exact) mass is 764 g/mol. The average molecular weight is 765 g/mol. The molecule has 59 heavy (non-hydrogen) atoms. The van der Waals surface area contributed by atoms with Gasteiger partial charge in [-0.25, -0.2) is 0 Å². The molecule has 3 aliphatic carbocycles. The van der Waals surface area contributed by atoms with E-state index in [4.69, 9.17) is 0 Å². The fraction of sp³-hybridized carbons (Fsp3) is 0.193. The van der Waals surface area contributed by atoms with Gasteiger partial charge >= 0.3 is 0 Å². The highest BCUT2D eigenvalue weighted by molar-refractivity contribution is 5.97. The van der Waals surface area contributed by atoms with Crippen LogP contribution < -0.4 is 9.80 Å². The number of allylic oxidation sites excluding steroid dienone is 3. The molecule has 0 fully saturated rings. The Balaban J connectivity index is 1.21. The van der Waals surface area contributed by atoms with Crippen molar-refractivity contribution in [1.82, 2.24) is 0 Å². The number of rotatable bonds is 10. The van der Waals surface area contributed by atoms with E-state index in [0.717, 1.165) is 49.2 Å². The Morgan fingerprint density at radius 1 is 0.441 bits per heavy atom. The number of fused-ring (bicyclic) bond motifs is 10. The van der Waals surface area contributed by atoms with Gasteiger partial charge < -0.3 is 9.80 Å². The number of benzene rings is 7. The molecule has 3 aliphatic rings. The standard InChI is InChI=1S/C57H52N2/c1-5-39-17-25-43(26-18-39)58(44-27-19-40(6-2)20-28-44)47-33-35-51-52-36-34-48(59(45-29-21-41(7-3)22-30-45)46-31-23-42(8-4)24-32-46)38-56(52)57(55(51)37-47)53-15-11-9-13-49(53)50-14-10-12-16-54(50)57/h9-23,25-38,42H,5-8,24H2,1-4H3. The quantitative estimate of drug-likeness (QED) is 0.137. The van der Waals surface area contributed by atoms with Gasteiger partial charge in [0.25, 0.3) is 0 Å². The highest BCUT2D eigenvalue weighted by atomic mass is 15.2. The summed E-state index contributed by atoms with van der Waals surface area (Å²) in [6, 6.07) is 60.3. The number of nitrogens with zero attached hydrogens (tertiary/aromatic N) is 2. The molecular weight excluding hydrogens is 713 g/mol. The number of anilines is 5. The van der Waals surface area contributed by atoms with Crippen LogP contribution in [-0.2, 0) is 24.7 Å². The first-order valence-corrected chi connectivity index (χ1v) is 21.8. The molecule has 7 aromatic rings. The van der Waals surface area contributed by atoms with Crippen molar-refractivity contribution in [2.45, 2.75) is 65.2 Å². The average Bonchev–Trinajstić information content (AvgIpc) is 3.77. The van der Waals surface area contributed by atoms with Crippen molar-refractivity contribution in [1.29, 1.82) is 0 Å². The van der Waals surface area contributed by atoms with Crippen LogP contribution in [0, 0.1) is 5.92 Å². The molecular formula is C57H52N2. The molecule has 0 saturated carbocycles. The number of aryl methyl sites for hydroxylation is 3. The van der Waals surface area contributed by atoms with E-state index in [9.17, 15) is 0 Å². The molecule has 1 unspecified atom stereocenters. The van der Waals surface area contributed by atoms with Gasteiger partial charge in [-0.15, -0.1) is 0 Å². The normalized spacial score (nSPS) is 15.3. The van der Waals surface area contributed by atoms with Gasteiger partial charge in [-0.2, -0.15) is 0 Å². The lowest BCUT2D eigenvalue weighted by molar-refractivity contribution is 0.628. The van der Waals surface area contributed by atoms with Gasteiger partial charge in [-0.05, 0) is 166 Å². The Morgan fingerprint density at radius 3 is 1.27 bits per heavy atom. The smallest absolute Gasteiger partial charge is 0.0727 e. The third-order valence-corrected chi connectivity index (χ3v) is 13.3. The Bertz CT molecular complexity index is 2640. The zero-order valence-electron chi connectivity index (χ0n) is 34.8. The Morgan fingerprint density at radius 2 is 0.847 bits per heavy atom. The summed E-state index contributed by atoms with van der Waals surface area (Å²) in [5.41, 5.74) is 21.2. The summed E-state index contributed by atoms with van der Waals surface area (Å²) in [6.07, 6.45) is 12.5. The summed E-state index contributed by atoms with van der Waals surface area (Å²) in [7, 11) is 0. The predicted octanol–water partition coefficient (Wildman–Crippen LogP) is 15.2. The van der Waals surface area contributed by atoms with Crippen molar-refractivity contribution in [2.24, 2.45) is 5.92 Å². The van der Waals surface area contributed by atoms with E-state index in [2.05, 4.69) is 213 Å². The van der Waals surface area contributed by atoms with Crippen LogP contribution in [0.4, 0.5) is 28.4 Å². The van der Waals surface area contributed by atoms with Crippen molar-refractivity contribution in [3.8, 4) is 22.3 Å². The second kappa shape index (κ2) is 15.1. The van der Waals surface area contributed by atoms with E-state index in [-0.39, 0.29) is 0 Å². The van der Waals surface area contributed by atoms with Crippen LogP contribution in [0.5, 0.6) is 0 Å². The van der Waals surface area contributed by atoms with Gasteiger partial charge in [-0.1, -0.05) is 137 Å². The third-order valence-electron chi connectivity index (χ3n) is 13.3. The zero-order valence-corrected chi connectivity index (χ0v) is 34.8. The van der Waals surface area contributed by atoms with Crippen LogP contribution in [0.3, 0.4) is 0 Å². The minimum atomic E-state index is -0.504. The van der Waals surface area contributed by atoms with Gasteiger partial charge in [0.1, 0.15) is 0 Å². The van der Waals surface area contributed by atoms with Crippen LogP contribution in [0.1, 0.15) is 79.5 Å².